The second-order valence-electron chi connectivity index (χ2n) is 7.90. The lowest BCUT2D eigenvalue weighted by molar-refractivity contribution is -0.156. The van der Waals surface area contributed by atoms with Crippen LogP contribution in [0, 0.1) is 5.92 Å². The van der Waals surface area contributed by atoms with Crippen molar-refractivity contribution in [3.63, 3.8) is 0 Å². The summed E-state index contributed by atoms with van der Waals surface area (Å²) in [5.41, 5.74) is 0.0212. The first-order chi connectivity index (χ1) is 12.4. The zero-order valence-electron chi connectivity index (χ0n) is 17.0. The van der Waals surface area contributed by atoms with Crippen molar-refractivity contribution in [3.05, 3.63) is 42.0 Å². The number of esters is 1. The highest BCUT2D eigenvalue weighted by atomic mass is 28.4. The lowest BCUT2D eigenvalue weighted by Gasteiger charge is -2.39. The average Bonchev–Trinajstić information content (AvgIpc) is 2.67. The van der Waals surface area contributed by atoms with Gasteiger partial charge in [0.15, 0.2) is 5.60 Å². The summed E-state index contributed by atoms with van der Waals surface area (Å²) in [4.78, 5) is 12.9. The molecule has 1 aliphatic rings. The number of allylic oxidation sites excluding steroid dienone is 1. The number of hydrogen-bond acceptors (Lipinski definition) is 3. The van der Waals surface area contributed by atoms with Crippen molar-refractivity contribution in [1.29, 1.82) is 0 Å². The van der Waals surface area contributed by atoms with Crippen LogP contribution in [0.2, 0.25) is 13.1 Å². The van der Waals surface area contributed by atoms with Crippen LogP contribution in [0.4, 0.5) is 0 Å². The number of carbonyl (C=O) groups is 1. The largest absolute Gasteiger partial charge is 0.467 e. The molecule has 0 heterocycles. The topological polar surface area (TPSA) is 35.5 Å². The molecule has 3 nitrogen and oxygen atoms in total. The van der Waals surface area contributed by atoms with Crippen LogP contribution >= 0.6 is 0 Å². The van der Waals surface area contributed by atoms with Crippen molar-refractivity contribution in [2.45, 2.75) is 71.1 Å². The van der Waals surface area contributed by atoms with Gasteiger partial charge in [0.05, 0.1) is 7.11 Å². The summed E-state index contributed by atoms with van der Waals surface area (Å²) in [5.74, 6) is 0.269. The Morgan fingerprint density at radius 2 is 1.81 bits per heavy atom. The van der Waals surface area contributed by atoms with E-state index in [1.807, 2.05) is 32.0 Å². The fourth-order valence-electron chi connectivity index (χ4n) is 4.07. The molecule has 4 heteroatoms. The Morgan fingerprint density at radius 1 is 1.19 bits per heavy atom. The van der Waals surface area contributed by atoms with Crippen LogP contribution < -0.4 is 5.19 Å². The van der Waals surface area contributed by atoms with Gasteiger partial charge in [-0.25, -0.2) is 4.79 Å². The monoisotopic (exact) mass is 374 g/mol. The molecule has 0 aromatic heterocycles. The summed E-state index contributed by atoms with van der Waals surface area (Å²) in [6.45, 7) is 8.38. The molecular formula is C22H34O3Si. The second kappa shape index (κ2) is 9.00. The van der Waals surface area contributed by atoms with E-state index in [9.17, 15) is 4.79 Å². The predicted molar refractivity (Wildman–Crippen MR) is 110 cm³/mol. The van der Waals surface area contributed by atoms with Crippen LogP contribution in [0.5, 0.6) is 0 Å². The van der Waals surface area contributed by atoms with Crippen LogP contribution in [0.1, 0.15) is 52.4 Å². The van der Waals surface area contributed by atoms with E-state index in [1.165, 1.54) is 44.4 Å². The fourth-order valence-corrected chi connectivity index (χ4v) is 6.44. The minimum atomic E-state index is -2.29. The van der Waals surface area contributed by atoms with Crippen molar-refractivity contribution in [1.82, 2.24) is 0 Å². The Hall–Kier alpha value is -1.39. The van der Waals surface area contributed by atoms with Gasteiger partial charge in [0.25, 0.3) is 0 Å². The summed E-state index contributed by atoms with van der Waals surface area (Å²) < 4.78 is 11.9. The third-order valence-corrected chi connectivity index (χ3v) is 8.27. The molecule has 0 aliphatic heterocycles. The van der Waals surface area contributed by atoms with E-state index >= 15 is 0 Å². The highest BCUT2D eigenvalue weighted by Gasteiger charge is 2.46. The molecule has 1 aromatic rings. The highest BCUT2D eigenvalue weighted by molar-refractivity contribution is 6.84. The summed E-state index contributed by atoms with van der Waals surface area (Å²) >= 11 is 0. The molecule has 0 radical (unpaired) electrons. The number of methoxy groups -OCH3 is 1. The molecule has 2 rings (SSSR count). The number of benzene rings is 1. The second-order valence-corrected chi connectivity index (χ2v) is 11.7. The Bertz CT molecular complexity index is 618. The van der Waals surface area contributed by atoms with Crippen molar-refractivity contribution in [2.24, 2.45) is 5.92 Å². The van der Waals surface area contributed by atoms with E-state index in [1.54, 1.807) is 0 Å². The third kappa shape index (κ3) is 4.66. The maximum Gasteiger partial charge on any atom is 0.341 e. The molecule has 1 aromatic carbocycles. The molecular weight excluding hydrogens is 340 g/mol. The van der Waals surface area contributed by atoms with Crippen LogP contribution in [0.15, 0.2) is 42.0 Å². The fraction of sp³-hybridized carbons (Fsp3) is 0.591. The summed E-state index contributed by atoms with van der Waals surface area (Å²) in [6, 6.07) is 10.3. The molecule has 0 amide bonds. The smallest absolute Gasteiger partial charge is 0.341 e. The third-order valence-electron chi connectivity index (χ3n) is 5.68. The van der Waals surface area contributed by atoms with E-state index in [4.69, 9.17) is 9.16 Å². The number of hydrogen-bond donors (Lipinski definition) is 0. The molecule has 26 heavy (non-hydrogen) atoms. The minimum absolute atomic E-state index is 0.277. The first-order valence-corrected chi connectivity index (χ1v) is 12.8. The Morgan fingerprint density at radius 3 is 2.35 bits per heavy atom. The zero-order valence-corrected chi connectivity index (χ0v) is 18.0. The quantitative estimate of drug-likeness (QED) is 0.384. The van der Waals surface area contributed by atoms with E-state index in [0.29, 0.717) is 12.3 Å². The Balaban J connectivity index is 2.38. The highest BCUT2D eigenvalue weighted by Crippen LogP contribution is 2.34. The van der Waals surface area contributed by atoms with Gasteiger partial charge in [-0.05, 0) is 56.0 Å². The normalized spacial score (nSPS) is 19.0. The van der Waals surface area contributed by atoms with E-state index in [-0.39, 0.29) is 5.97 Å². The number of ether oxygens (including phenoxy) is 1. The standard InChI is InChI=1S/C22H34O3Si/c1-6-22(21(23)24-3,18(2)17-19-13-9-7-10-14-19)25-26(4,5)20-15-11-8-12-16-20/h8,11-12,15-17,19H,6-7,9-10,13-14H2,1-5H3/b18-17+/t22-/m0/s1. The average molecular weight is 375 g/mol. The SMILES string of the molecule is CC[C@@](O[Si](C)(C)c1ccccc1)(C(=O)OC)/C(C)=C/C1CCCCC1. The van der Waals surface area contributed by atoms with Crippen molar-refractivity contribution < 1.29 is 14.0 Å². The van der Waals surface area contributed by atoms with E-state index in [0.717, 1.165) is 5.57 Å². The summed E-state index contributed by atoms with van der Waals surface area (Å²) in [6.07, 6.45) is 9.15. The van der Waals surface area contributed by atoms with E-state index in [2.05, 4.69) is 31.3 Å². The predicted octanol–water partition coefficient (Wildman–Crippen LogP) is 4.96. The van der Waals surface area contributed by atoms with Crippen LogP contribution in [0.25, 0.3) is 0 Å². The molecule has 0 bridgehead atoms. The van der Waals surface area contributed by atoms with Gasteiger partial charge in [0, 0.05) is 0 Å². The molecule has 1 atom stereocenters. The van der Waals surface area contributed by atoms with Gasteiger partial charge in [-0.2, -0.15) is 0 Å². The molecule has 144 valence electrons. The Kier molecular flexibility index (Phi) is 7.24. The molecule has 0 N–H and O–H groups in total. The van der Waals surface area contributed by atoms with Gasteiger partial charge in [-0.15, -0.1) is 0 Å². The first-order valence-electron chi connectivity index (χ1n) is 9.88. The zero-order chi connectivity index (χ0) is 19.2. The first kappa shape index (κ1) is 20.9. The number of carbonyl (C=O) groups excluding carboxylic acids is 1. The van der Waals surface area contributed by atoms with Gasteiger partial charge in [-0.3, -0.25) is 0 Å². The Labute approximate surface area is 159 Å². The van der Waals surface area contributed by atoms with Gasteiger partial charge in [0.1, 0.15) is 0 Å². The van der Waals surface area contributed by atoms with E-state index < -0.39 is 13.9 Å². The van der Waals surface area contributed by atoms with Gasteiger partial charge in [-0.1, -0.05) is 62.6 Å². The maximum absolute atomic E-state index is 12.9. The summed E-state index contributed by atoms with van der Waals surface area (Å²) in [5, 5.41) is 1.19. The molecule has 0 spiro atoms. The minimum Gasteiger partial charge on any atom is -0.467 e. The van der Waals surface area contributed by atoms with Crippen molar-refractivity contribution in [3.8, 4) is 0 Å². The van der Waals surface area contributed by atoms with Gasteiger partial charge < -0.3 is 9.16 Å². The van der Waals surface area contributed by atoms with Crippen LogP contribution in [0.3, 0.4) is 0 Å². The molecule has 1 fully saturated rings. The van der Waals surface area contributed by atoms with Gasteiger partial charge >= 0.3 is 5.97 Å². The van der Waals surface area contributed by atoms with Crippen molar-refractivity contribution in [2.75, 3.05) is 7.11 Å². The van der Waals surface area contributed by atoms with Gasteiger partial charge in [0.2, 0.25) is 8.32 Å². The molecule has 1 saturated carbocycles. The molecule has 0 saturated heterocycles. The molecule has 0 unspecified atom stereocenters. The van der Waals surface area contributed by atoms with Crippen molar-refractivity contribution >= 4 is 19.5 Å². The lowest BCUT2D eigenvalue weighted by atomic mass is 9.84. The van der Waals surface area contributed by atoms with Crippen LogP contribution in [-0.4, -0.2) is 27.0 Å². The number of rotatable bonds is 7. The summed E-state index contributed by atoms with van der Waals surface area (Å²) in [7, 11) is -0.826. The molecule has 1 aliphatic carbocycles. The maximum atomic E-state index is 12.9. The van der Waals surface area contributed by atoms with Crippen LogP contribution in [-0.2, 0) is 14.0 Å². The lowest BCUT2D eigenvalue weighted by Crippen LogP contribution is -2.56.